The Hall–Kier alpha value is -0.970. The van der Waals surface area contributed by atoms with Crippen molar-refractivity contribution in [1.82, 2.24) is 9.80 Å². The van der Waals surface area contributed by atoms with Crippen LogP contribution in [0.4, 0.5) is 4.39 Å². The van der Waals surface area contributed by atoms with Crippen LogP contribution >= 0.6 is 0 Å². The molecule has 21 heavy (non-hydrogen) atoms. The van der Waals surface area contributed by atoms with Crippen molar-refractivity contribution in [1.29, 1.82) is 0 Å². The van der Waals surface area contributed by atoms with Gasteiger partial charge in [0.15, 0.2) is 0 Å². The third-order valence-electron chi connectivity index (χ3n) is 4.37. The summed E-state index contributed by atoms with van der Waals surface area (Å²) in [4.78, 5) is 4.78. The number of rotatable bonds is 7. The molecular formula is C17H27FN2O. The van der Waals surface area contributed by atoms with E-state index in [-0.39, 0.29) is 5.82 Å². The van der Waals surface area contributed by atoms with Gasteiger partial charge in [-0.1, -0.05) is 12.1 Å². The van der Waals surface area contributed by atoms with E-state index in [0.29, 0.717) is 5.92 Å². The molecule has 1 fully saturated rings. The molecule has 118 valence electrons. The highest BCUT2D eigenvalue weighted by molar-refractivity contribution is 5.27. The Morgan fingerprint density at radius 3 is 3.00 bits per heavy atom. The highest BCUT2D eigenvalue weighted by Crippen LogP contribution is 2.19. The summed E-state index contributed by atoms with van der Waals surface area (Å²) in [6.07, 6.45) is 1.25. The lowest BCUT2D eigenvalue weighted by Gasteiger charge is -2.22. The van der Waals surface area contributed by atoms with Gasteiger partial charge in [-0.2, -0.15) is 0 Å². The molecule has 1 aliphatic heterocycles. The first-order valence-electron chi connectivity index (χ1n) is 7.74. The molecular weight excluding hydrogens is 267 g/mol. The highest BCUT2D eigenvalue weighted by atomic mass is 19.1. The molecule has 0 radical (unpaired) electrons. The molecule has 0 bridgehead atoms. The molecule has 1 aromatic carbocycles. The molecule has 1 aromatic rings. The van der Waals surface area contributed by atoms with Crippen LogP contribution in [0.2, 0.25) is 0 Å². The Balaban J connectivity index is 1.80. The first kappa shape index (κ1) is 16.4. The lowest BCUT2D eigenvalue weighted by molar-refractivity contribution is 0.157. The molecule has 0 N–H and O–H groups in total. The number of benzene rings is 1. The summed E-state index contributed by atoms with van der Waals surface area (Å²) < 4.78 is 18.7. The first-order chi connectivity index (χ1) is 10.1. The number of hydrogen-bond donors (Lipinski definition) is 0. The second-order valence-electron chi connectivity index (χ2n) is 6.17. The summed E-state index contributed by atoms with van der Waals surface area (Å²) in [7, 11) is 3.88. The SMILES string of the molecule is COCCN1CC[C@H](CN(C)Cc2cccc(F)c2C)C1. The minimum atomic E-state index is -0.104. The van der Waals surface area contributed by atoms with E-state index >= 15 is 0 Å². The average molecular weight is 294 g/mol. The van der Waals surface area contributed by atoms with E-state index in [4.69, 9.17) is 4.74 Å². The van der Waals surface area contributed by atoms with Gasteiger partial charge in [-0.25, -0.2) is 4.39 Å². The molecule has 0 unspecified atom stereocenters. The van der Waals surface area contributed by atoms with E-state index in [1.165, 1.54) is 19.0 Å². The molecule has 0 aliphatic carbocycles. The van der Waals surface area contributed by atoms with Crippen LogP contribution < -0.4 is 0 Å². The third-order valence-corrected chi connectivity index (χ3v) is 4.37. The Bertz CT molecular complexity index is 452. The zero-order chi connectivity index (χ0) is 15.2. The van der Waals surface area contributed by atoms with E-state index in [2.05, 4.69) is 16.8 Å². The molecule has 0 saturated carbocycles. The molecule has 3 nitrogen and oxygen atoms in total. The molecule has 0 spiro atoms. The number of ether oxygens (including phenoxy) is 1. The fourth-order valence-corrected chi connectivity index (χ4v) is 3.10. The number of likely N-dealkylation sites (tertiary alicyclic amines) is 1. The van der Waals surface area contributed by atoms with Gasteiger partial charge < -0.3 is 14.5 Å². The predicted octanol–water partition coefficient (Wildman–Crippen LogP) is 2.53. The van der Waals surface area contributed by atoms with Crippen molar-refractivity contribution in [3.63, 3.8) is 0 Å². The quantitative estimate of drug-likeness (QED) is 0.768. The summed E-state index contributed by atoms with van der Waals surface area (Å²) in [5.41, 5.74) is 1.87. The standard InChI is InChI=1S/C17H27FN2O/c1-14-16(5-4-6-17(14)18)13-19(2)11-15-7-8-20(12-15)9-10-21-3/h4-6,15H,7-13H2,1-3H3/t15-/m1/s1. The second kappa shape index (κ2) is 7.87. The van der Waals surface area contributed by atoms with Gasteiger partial charge in [0.25, 0.3) is 0 Å². The van der Waals surface area contributed by atoms with Crippen molar-refractivity contribution in [3.8, 4) is 0 Å². The van der Waals surface area contributed by atoms with E-state index in [1.807, 2.05) is 13.0 Å². The molecule has 1 saturated heterocycles. The summed E-state index contributed by atoms with van der Waals surface area (Å²) in [6.45, 7) is 7.90. The van der Waals surface area contributed by atoms with Crippen LogP contribution in [-0.2, 0) is 11.3 Å². The average Bonchev–Trinajstić information content (AvgIpc) is 2.89. The maximum atomic E-state index is 13.6. The molecule has 0 aromatic heterocycles. The van der Waals surface area contributed by atoms with Gasteiger partial charge in [0, 0.05) is 33.3 Å². The minimum Gasteiger partial charge on any atom is -0.383 e. The van der Waals surface area contributed by atoms with Gasteiger partial charge in [-0.3, -0.25) is 0 Å². The summed E-state index contributed by atoms with van der Waals surface area (Å²) >= 11 is 0. The van der Waals surface area contributed by atoms with Gasteiger partial charge in [-0.05, 0) is 50.0 Å². The van der Waals surface area contributed by atoms with Gasteiger partial charge in [0.2, 0.25) is 0 Å². The van der Waals surface area contributed by atoms with Crippen molar-refractivity contribution in [2.45, 2.75) is 19.9 Å². The molecule has 0 amide bonds. The van der Waals surface area contributed by atoms with E-state index in [9.17, 15) is 4.39 Å². The van der Waals surface area contributed by atoms with Crippen LogP contribution in [-0.4, -0.2) is 56.7 Å². The lowest BCUT2D eigenvalue weighted by atomic mass is 10.1. The fraction of sp³-hybridized carbons (Fsp3) is 0.647. The predicted molar refractivity (Wildman–Crippen MR) is 83.9 cm³/mol. The van der Waals surface area contributed by atoms with Gasteiger partial charge >= 0.3 is 0 Å². The van der Waals surface area contributed by atoms with E-state index < -0.39 is 0 Å². The minimum absolute atomic E-state index is 0.104. The first-order valence-corrected chi connectivity index (χ1v) is 7.74. The van der Waals surface area contributed by atoms with Crippen molar-refractivity contribution in [3.05, 3.63) is 35.1 Å². The van der Waals surface area contributed by atoms with Crippen LogP contribution in [0.5, 0.6) is 0 Å². The van der Waals surface area contributed by atoms with Crippen molar-refractivity contribution >= 4 is 0 Å². The largest absolute Gasteiger partial charge is 0.383 e. The Morgan fingerprint density at radius 2 is 2.24 bits per heavy atom. The molecule has 2 rings (SSSR count). The highest BCUT2D eigenvalue weighted by Gasteiger charge is 2.23. The third kappa shape index (κ3) is 4.77. The Morgan fingerprint density at radius 1 is 1.43 bits per heavy atom. The van der Waals surface area contributed by atoms with Crippen LogP contribution in [0.3, 0.4) is 0 Å². The van der Waals surface area contributed by atoms with Gasteiger partial charge in [0.05, 0.1) is 6.61 Å². The summed E-state index contributed by atoms with van der Waals surface area (Å²) in [5.74, 6) is 0.605. The number of halogens is 1. The number of nitrogens with zero attached hydrogens (tertiary/aromatic N) is 2. The second-order valence-corrected chi connectivity index (χ2v) is 6.17. The molecule has 4 heteroatoms. The number of hydrogen-bond acceptors (Lipinski definition) is 3. The maximum Gasteiger partial charge on any atom is 0.126 e. The summed E-state index contributed by atoms with van der Waals surface area (Å²) in [6, 6.07) is 5.35. The summed E-state index contributed by atoms with van der Waals surface area (Å²) in [5, 5.41) is 0. The smallest absolute Gasteiger partial charge is 0.126 e. The molecule has 1 atom stereocenters. The van der Waals surface area contributed by atoms with Crippen LogP contribution in [0.15, 0.2) is 18.2 Å². The zero-order valence-electron chi connectivity index (χ0n) is 13.4. The number of methoxy groups -OCH3 is 1. The van der Waals surface area contributed by atoms with E-state index in [0.717, 1.165) is 43.9 Å². The maximum absolute atomic E-state index is 13.6. The topological polar surface area (TPSA) is 15.7 Å². The van der Waals surface area contributed by atoms with Gasteiger partial charge in [0.1, 0.15) is 5.82 Å². The normalized spacial score (nSPS) is 19.6. The van der Waals surface area contributed by atoms with Crippen molar-refractivity contribution in [2.75, 3.05) is 46.9 Å². The Kier molecular flexibility index (Phi) is 6.15. The van der Waals surface area contributed by atoms with Crippen molar-refractivity contribution < 1.29 is 9.13 Å². The van der Waals surface area contributed by atoms with E-state index in [1.54, 1.807) is 13.2 Å². The van der Waals surface area contributed by atoms with Crippen LogP contribution in [0, 0.1) is 18.7 Å². The Labute approximate surface area is 127 Å². The van der Waals surface area contributed by atoms with Crippen LogP contribution in [0.25, 0.3) is 0 Å². The molecule has 1 heterocycles. The van der Waals surface area contributed by atoms with Crippen molar-refractivity contribution in [2.24, 2.45) is 5.92 Å². The monoisotopic (exact) mass is 294 g/mol. The zero-order valence-corrected chi connectivity index (χ0v) is 13.4. The lowest BCUT2D eigenvalue weighted by Crippen LogP contribution is -2.29. The van der Waals surface area contributed by atoms with Crippen LogP contribution in [0.1, 0.15) is 17.5 Å². The fourth-order valence-electron chi connectivity index (χ4n) is 3.10. The van der Waals surface area contributed by atoms with Gasteiger partial charge in [-0.15, -0.1) is 0 Å². The molecule has 1 aliphatic rings.